The van der Waals surface area contributed by atoms with E-state index >= 15 is 0 Å². The van der Waals surface area contributed by atoms with Gasteiger partial charge in [0.2, 0.25) is 5.91 Å². The molecular formula is C9H14N2O2. The molecule has 0 unspecified atom stereocenters. The summed E-state index contributed by atoms with van der Waals surface area (Å²) in [5.41, 5.74) is 5.19. The number of amides is 1. The number of phenolic OH excluding ortho intramolecular Hbond substituents is 1. The Morgan fingerprint density at radius 1 is 1.31 bits per heavy atom. The van der Waals surface area contributed by atoms with Gasteiger partial charge in [-0.2, -0.15) is 0 Å². The Kier molecular flexibility index (Phi) is 5.30. The minimum Gasteiger partial charge on any atom is -0.508 e. The van der Waals surface area contributed by atoms with E-state index in [1.165, 1.54) is 26.1 Å². The molecule has 1 rings (SSSR count). The lowest BCUT2D eigenvalue weighted by Gasteiger charge is -1.99. The van der Waals surface area contributed by atoms with Crippen molar-refractivity contribution in [2.75, 3.05) is 12.4 Å². The summed E-state index contributed by atoms with van der Waals surface area (Å²) in [6, 6.07) is 6.31. The van der Waals surface area contributed by atoms with Crippen LogP contribution in [0.3, 0.4) is 0 Å². The Balaban J connectivity index is 0.000000671. The van der Waals surface area contributed by atoms with Gasteiger partial charge in [0.1, 0.15) is 5.75 Å². The second kappa shape index (κ2) is 6.02. The Hall–Kier alpha value is -1.55. The van der Waals surface area contributed by atoms with E-state index in [1.54, 1.807) is 12.1 Å². The van der Waals surface area contributed by atoms with E-state index in [0.29, 0.717) is 5.69 Å². The number of aromatic hydroxyl groups is 1. The monoisotopic (exact) mass is 182 g/mol. The quantitative estimate of drug-likeness (QED) is 0.565. The molecule has 0 aliphatic heterocycles. The fraction of sp³-hybridized carbons (Fsp3) is 0.222. The van der Waals surface area contributed by atoms with Gasteiger partial charge in [0, 0.05) is 12.6 Å². The highest BCUT2D eigenvalue weighted by Gasteiger charge is 1.93. The molecule has 0 radical (unpaired) electrons. The lowest BCUT2D eigenvalue weighted by atomic mass is 10.3. The fourth-order valence-corrected chi connectivity index (χ4v) is 0.748. The van der Waals surface area contributed by atoms with Crippen LogP contribution in [0.2, 0.25) is 0 Å². The van der Waals surface area contributed by atoms with Crippen molar-refractivity contribution in [3.05, 3.63) is 24.3 Å². The van der Waals surface area contributed by atoms with Crippen LogP contribution in [0.15, 0.2) is 24.3 Å². The number of hydrogen-bond acceptors (Lipinski definition) is 3. The van der Waals surface area contributed by atoms with Crippen LogP contribution in [0.5, 0.6) is 5.75 Å². The van der Waals surface area contributed by atoms with Gasteiger partial charge in [0.05, 0.1) is 0 Å². The first-order valence-electron chi connectivity index (χ1n) is 3.83. The third kappa shape index (κ3) is 4.81. The molecule has 0 aliphatic carbocycles. The van der Waals surface area contributed by atoms with Crippen molar-refractivity contribution in [2.45, 2.75) is 6.92 Å². The van der Waals surface area contributed by atoms with Gasteiger partial charge >= 0.3 is 0 Å². The van der Waals surface area contributed by atoms with Crippen molar-refractivity contribution in [2.24, 2.45) is 5.73 Å². The number of phenols is 1. The van der Waals surface area contributed by atoms with Crippen molar-refractivity contribution in [3.8, 4) is 5.75 Å². The van der Waals surface area contributed by atoms with Crippen molar-refractivity contribution in [3.63, 3.8) is 0 Å². The highest BCUT2D eigenvalue weighted by atomic mass is 16.3. The van der Waals surface area contributed by atoms with Crippen molar-refractivity contribution in [1.29, 1.82) is 0 Å². The van der Waals surface area contributed by atoms with Crippen molar-refractivity contribution >= 4 is 11.6 Å². The summed E-state index contributed by atoms with van der Waals surface area (Å²) in [5.74, 6) is 0.0785. The SMILES string of the molecule is CC(=O)Nc1ccc(O)cc1.CN. The molecule has 0 saturated carbocycles. The van der Waals surface area contributed by atoms with Crippen LogP contribution in [-0.2, 0) is 4.79 Å². The number of carbonyl (C=O) groups is 1. The van der Waals surface area contributed by atoms with Gasteiger partial charge < -0.3 is 16.2 Å². The highest BCUT2D eigenvalue weighted by molar-refractivity contribution is 5.88. The summed E-state index contributed by atoms with van der Waals surface area (Å²) < 4.78 is 0. The Bertz CT molecular complexity index is 257. The molecule has 0 aliphatic rings. The third-order valence-corrected chi connectivity index (χ3v) is 1.19. The maximum absolute atomic E-state index is 10.5. The van der Waals surface area contributed by atoms with E-state index in [4.69, 9.17) is 5.11 Å². The van der Waals surface area contributed by atoms with Crippen molar-refractivity contribution < 1.29 is 9.90 Å². The van der Waals surface area contributed by atoms with Gasteiger partial charge in [-0.1, -0.05) is 0 Å². The molecule has 13 heavy (non-hydrogen) atoms. The van der Waals surface area contributed by atoms with E-state index < -0.39 is 0 Å². The summed E-state index contributed by atoms with van der Waals surface area (Å²) in [7, 11) is 1.50. The molecule has 0 saturated heterocycles. The lowest BCUT2D eigenvalue weighted by Crippen LogP contribution is -2.04. The van der Waals surface area contributed by atoms with Gasteiger partial charge in [-0.15, -0.1) is 0 Å². The predicted molar refractivity (Wildman–Crippen MR) is 52.5 cm³/mol. The predicted octanol–water partition coefficient (Wildman–Crippen LogP) is 0.925. The minimum atomic E-state index is -0.115. The van der Waals surface area contributed by atoms with Gasteiger partial charge in [0.25, 0.3) is 0 Å². The summed E-state index contributed by atoms with van der Waals surface area (Å²) in [6.07, 6.45) is 0. The maximum Gasteiger partial charge on any atom is 0.221 e. The van der Waals surface area contributed by atoms with Crippen LogP contribution in [0.1, 0.15) is 6.92 Å². The zero-order valence-electron chi connectivity index (χ0n) is 7.74. The molecule has 0 bridgehead atoms. The molecule has 4 heteroatoms. The van der Waals surface area contributed by atoms with Crippen LogP contribution in [0, 0.1) is 0 Å². The molecule has 0 heterocycles. The van der Waals surface area contributed by atoms with Gasteiger partial charge in [0.15, 0.2) is 0 Å². The molecule has 4 N–H and O–H groups in total. The zero-order valence-corrected chi connectivity index (χ0v) is 7.74. The van der Waals surface area contributed by atoms with Crippen LogP contribution in [-0.4, -0.2) is 18.1 Å². The standard InChI is InChI=1S/C8H9NO2.CH5N/c1-6(10)9-7-2-4-8(11)5-3-7;1-2/h2-5,11H,1H3,(H,9,10);2H2,1H3. The lowest BCUT2D eigenvalue weighted by molar-refractivity contribution is -0.114. The highest BCUT2D eigenvalue weighted by Crippen LogP contribution is 2.13. The normalized spacial score (nSPS) is 8.23. The first-order chi connectivity index (χ1) is 6.18. The molecule has 0 atom stereocenters. The molecule has 4 nitrogen and oxygen atoms in total. The molecule has 1 aromatic rings. The summed E-state index contributed by atoms with van der Waals surface area (Å²) in [6.45, 7) is 1.44. The van der Waals surface area contributed by atoms with E-state index in [-0.39, 0.29) is 11.7 Å². The fourth-order valence-electron chi connectivity index (χ4n) is 0.748. The average Bonchev–Trinajstić information content (AvgIpc) is 2.12. The molecule has 0 aromatic heterocycles. The van der Waals surface area contributed by atoms with Crippen LogP contribution in [0.4, 0.5) is 5.69 Å². The molecule has 1 amide bonds. The van der Waals surface area contributed by atoms with E-state index in [9.17, 15) is 4.79 Å². The maximum atomic E-state index is 10.5. The molecule has 72 valence electrons. The van der Waals surface area contributed by atoms with Crippen LogP contribution in [0.25, 0.3) is 0 Å². The summed E-state index contributed by atoms with van der Waals surface area (Å²) in [4.78, 5) is 10.5. The van der Waals surface area contributed by atoms with Gasteiger partial charge in [-0.05, 0) is 31.3 Å². The van der Waals surface area contributed by atoms with Crippen LogP contribution < -0.4 is 11.1 Å². The Morgan fingerprint density at radius 3 is 2.15 bits per heavy atom. The van der Waals surface area contributed by atoms with Gasteiger partial charge in [-0.25, -0.2) is 0 Å². The smallest absolute Gasteiger partial charge is 0.221 e. The number of rotatable bonds is 1. The largest absolute Gasteiger partial charge is 0.508 e. The summed E-state index contributed by atoms with van der Waals surface area (Å²) >= 11 is 0. The Labute approximate surface area is 77.4 Å². The molecule has 0 spiro atoms. The average molecular weight is 182 g/mol. The van der Waals surface area contributed by atoms with Gasteiger partial charge in [-0.3, -0.25) is 4.79 Å². The second-order valence-electron chi connectivity index (χ2n) is 2.23. The zero-order chi connectivity index (χ0) is 10.3. The number of nitrogens with one attached hydrogen (secondary N) is 1. The molecular weight excluding hydrogens is 168 g/mol. The summed E-state index contributed by atoms with van der Waals surface area (Å²) in [5, 5.41) is 11.5. The number of hydrogen-bond donors (Lipinski definition) is 3. The number of carbonyl (C=O) groups excluding carboxylic acids is 1. The number of benzene rings is 1. The van der Waals surface area contributed by atoms with E-state index in [2.05, 4.69) is 11.1 Å². The number of anilines is 1. The van der Waals surface area contributed by atoms with E-state index in [0.717, 1.165) is 0 Å². The second-order valence-corrected chi connectivity index (χ2v) is 2.23. The molecule has 0 fully saturated rings. The first kappa shape index (κ1) is 11.4. The molecule has 1 aromatic carbocycles. The topological polar surface area (TPSA) is 75.3 Å². The number of nitrogens with two attached hydrogens (primary N) is 1. The van der Waals surface area contributed by atoms with Crippen LogP contribution >= 0.6 is 0 Å². The minimum absolute atomic E-state index is 0.115. The van der Waals surface area contributed by atoms with Crippen molar-refractivity contribution in [1.82, 2.24) is 0 Å². The first-order valence-corrected chi connectivity index (χ1v) is 3.83. The third-order valence-electron chi connectivity index (χ3n) is 1.19. The Morgan fingerprint density at radius 2 is 1.77 bits per heavy atom. The van der Waals surface area contributed by atoms with E-state index in [1.807, 2.05) is 0 Å².